The van der Waals surface area contributed by atoms with Gasteiger partial charge in [-0.2, -0.15) is 5.26 Å². The van der Waals surface area contributed by atoms with Crippen molar-refractivity contribution in [3.05, 3.63) is 130 Å². The van der Waals surface area contributed by atoms with E-state index in [1.807, 2.05) is 48.5 Å². The number of esters is 1. The Morgan fingerprint density at radius 3 is 2.49 bits per heavy atom. The molecule has 39 heavy (non-hydrogen) atoms. The quantitative estimate of drug-likeness (QED) is 0.215. The second-order valence-corrected chi connectivity index (χ2v) is 9.10. The Kier molecular flexibility index (Phi) is 7.39. The van der Waals surface area contributed by atoms with E-state index in [0.29, 0.717) is 40.0 Å². The summed E-state index contributed by atoms with van der Waals surface area (Å²) in [6.07, 6.45) is 0. The Balaban J connectivity index is 1.41. The molecular weight excluding hydrogens is 516 g/mol. The zero-order valence-corrected chi connectivity index (χ0v) is 21.6. The van der Waals surface area contributed by atoms with Gasteiger partial charge in [-0.25, -0.2) is 4.79 Å². The molecule has 2 N–H and O–H groups in total. The summed E-state index contributed by atoms with van der Waals surface area (Å²) in [4.78, 5) is 12.6. The first-order valence-electron chi connectivity index (χ1n) is 12.0. The maximum Gasteiger partial charge on any atom is 0.343 e. The Bertz CT molecular complexity index is 1610. The predicted octanol–water partition coefficient (Wildman–Crippen LogP) is 6.36. The maximum atomic E-state index is 12.6. The van der Waals surface area contributed by atoms with E-state index < -0.39 is 11.9 Å². The van der Waals surface area contributed by atoms with Crippen LogP contribution in [0.5, 0.6) is 23.0 Å². The third kappa shape index (κ3) is 5.52. The number of nitrogens with two attached hydrogens (primary N) is 1. The number of halogens is 1. The fraction of sp³-hybridized carbons (Fsp3) is 0.0968. The van der Waals surface area contributed by atoms with Gasteiger partial charge in [0.25, 0.3) is 0 Å². The van der Waals surface area contributed by atoms with E-state index >= 15 is 0 Å². The lowest BCUT2D eigenvalue weighted by Gasteiger charge is -2.27. The number of hydrogen-bond donors (Lipinski definition) is 1. The van der Waals surface area contributed by atoms with Crippen molar-refractivity contribution in [2.75, 3.05) is 7.11 Å². The van der Waals surface area contributed by atoms with Crippen LogP contribution in [0.3, 0.4) is 0 Å². The normalized spacial score (nSPS) is 14.0. The molecule has 0 aliphatic carbocycles. The van der Waals surface area contributed by atoms with E-state index in [0.717, 1.165) is 11.1 Å². The zero-order chi connectivity index (χ0) is 27.4. The molecule has 0 bridgehead atoms. The molecule has 1 aliphatic heterocycles. The van der Waals surface area contributed by atoms with Crippen LogP contribution < -0.4 is 24.7 Å². The van der Waals surface area contributed by atoms with Gasteiger partial charge in [0.15, 0.2) is 0 Å². The highest BCUT2D eigenvalue weighted by Crippen LogP contribution is 2.44. The van der Waals surface area contributed by atoms with Gasteiger partial charge in [-0.05, 0) is 54.1 Å². The summed E-state index contributed by atoms with van der Waals surface area (Å²) in [6, 6.07) is 28.7. The van der Waals surface area contributed by atoms with Crippen LogP contribution in [-0.4, -0.2) is 13.1 Å². The molecule has 194 valence electrons. The Labute approximate surface area is 230 Å². The number of hydrogen-bond acceptors (Lipinski definition) is 7. The van der Waals surface area contributed by atoms with Crippen LogP contribution >= 0.6 is 11.6 Å². The van der Waals surface area contributed by atoms with Crippen LogP contribution in [0.15, 0.2) is 102 Å². The number of benzene rings is 4. The summed E-state index contributed by atoms with van der Waals surface area (Å²) < 4.78 is 22.5. The lowest BCUT2D eigenvalue weighted by molar-refractivity contribution is 0.0734. The molecule has 1 atom stereocenters. The van der Waals surface area contributed by atoms with Crippen molar-refractivity contribution in [3.8, 4) is 29.1 Å². The van der Waals surface area contributed by atoms with E-state index in [-0.39, 0.29) is 17.2 Å². The summed E-state index contributed by atoms with van der Waals surface area (Å²) in [6.45, 7) is 0.291. The van der Waals surface area contributed by atoms with Crippen molar-refractivity contribution in [2.24, 2.45) is 5.73 Å². The molecule has 0 saturated carbocycles. The van der Waals surface area contributed by atoms with Crippen molar-refractivity contribution < 1.29 is 23.7 Å². The molecular formula is C31H23ClN2O5. The molecule has 8 heteroatoms. The van der Waals surface area contributed by atoms with Crippen LogP contribution in [-0.2, 0) is 6.61 Å². The summed E-state index contributed by atoms with van der Waals surface area (Å²) in [5, 5.41) is 10.5. The number of nitriles is 1. The summed E-state index contributed by atoms with van der Waals surface area (Å²) in [5.74, 6) is 0.854. The first-order valence-corrected chi connectivity index (χ1v) is 12.4. The summed E-state index contributed by atoms with van der Waals surface area (Å²) in [5.41, 5.74) is 9.15. The Hall–Kier alpha value is -4.93. The van der Waals surface area contributed by atoms with Gasteiger partial charge in [-0.1, -0.05) is 48.0 Å². The highest BCUT2D eigenvalue weighted by Gasteiger charge is 2.31. The Morgan fingerprint density at radius 2 is 1.74 bits per heavy atom. The third-order valence-corrected chi connectivity index (χ3v) is 6.64. The molecule has 0 fully saturated rings. The van der Waals surface area contributed by atoms with E-state index in [1.54, 1.807) is 49.6 Å². The van der Waals surface area contributed by atoms with E-state index in [9.17, 15) is 10.1 Å². The average molecular weight is 539 g/mol. The number of rotatable bonds is 7. The van der Waals surface area contributed by atoms with E-state index in [4.69, 9.17) is 36.3 Å². The molecule has 5 rings (SSSR count). The molecule has 0 amide bonds. The molecule has 4 aromatic carbocycles. The van der Waals surface area contributed by atoms with Crippen LogP contribution in [0.25, 0.3) is 0 Å². The van der Waals surface area contributed by atoms with Gasteiger partial charge in [0.05, 0.1) is 18.6 Å². The first-order chi connectivity index (χ1) is 19.0. The average Bonchev–Trinajstić information content (AvgIpc) is 2.96. The second kappa shape index (κ2) is 11.2. The Morgan fingerprint density at radius 1 is 0.974 bits per heavy atom. The standard InChI is InChI=1S/C31H23ClN2O5/c1-36-22-11-9-19(10-12-22)31(35)38-24-13-14-25-28(16-24)39-30(34)26(17-33)29(25)20-6-4-7-23(15-20)37-18-21-5-2-3-8-27(21)32/h2-16,29H,18,34H2,1H3. The van der Waals surface area contributed by atoms with Gasteiger partial charge in [0, 0.05) is 22.2 Å². The topological polar surface area (TPSA) is 104 Å². The molecule has 0 saturated heterocycles. The fourth-order valence-corrected chi connectivity index (χ4v) is 4.49. The van der Waals surface area contributed by atoms with Crippen LogP contribution in [0.1, 0.15) is 33.0 Å². The third-order valence-electron chi connectivity index (χ3n) is 6.27. The van der Waals surface area contributed by atoms with Crippen LogP contribution in [0.2, 0.25) is 5.02 Å². The van der Waals surface area contributed by atoms with Gasteiger partial charge in [0.1, 0.15) is 41.2 Å². The predicted molar refractivity (Wildman–Crippen MR) is 146 cm³/mol. The van der Waals surface area contributed by atoms with Gasteiger partial charge in [0.2, 0.25) is 5.88 Å². The smallest absolute Gasteiger partial charge is 0.343 e. The minimum atomic E-state index is -0.533. The molecule has 1 unspecified atom stereocenters. The highest BCUT2D eigenvalue weighted by atomic mass is 35.5. The molecule has 4 aromatic rings. The van der Waals surface area contributed by atoms with Gasteiger partial charge < -0.3 is 24.7 Å². The van der Waals surface area contributed by atoms with Crippen molar-refractivity contribution in [3.63, 3.8) is 0 Å². The molecule has 0 aromatic heterocycles. The lowest BCUT2D eigenvalue weighted by atomic mass is 9.83. The van der Waals surface area contributed by atoms with Gasteiger partial charge in [-0.3, -0.25) is 0 Å². The SMILES string of the molecule is COc1ccc(C(=O)Oc2ccc3c(c2)OC(N)=C(C#N)C3c2cccc(OCc3ccccc3Cl)c2)cc1. The van der Waals surface area contributed by atoms with E-state index in [1.165, 1.54) is 0 Å². The number of carbonyl (C=O) groups is 1. The van der Waals surface area contributed by atoms with E-state index in [2.05, 4.69) is 6.07 Å². The summed E-state index contributed by atoms with van der Waals surface area (Å²) >= 11 is 6.26. The second-order valence-electron chi connectivity index (χ2n) is 8.70. The monoisotopic (exact) mass is 538 g/mol. The maximum absolute atomic E-state index is 12.6. The molecule has 0 spiro atoms. The summed E-state index contributed by atoms with van der Waals surface area (Å²) in [7, 11) is 1.55. The molecule has 1 aliphatic rings. The largest absolute Gasteiger partial charge is 0.497 e. The molecule has 7 nitrogen and oxygen atoms in total. The van der Waals surface area contributed by atoms with Gasteiger partial charge >= 0.3 is 5.97 Å². The first kappa shape index (κ1) is 25.7. The van der Waals surface area contributed by atoms with Crippen LogP contribution in [0.4, 0.5) is 0 Å². The minimum Gasteiger partial charge on any atom is -0.497 e. The number of methoxy groups -OCH3 is 1. The number of nitrogens with zero attached hydrogens (tertiary/aromatic N) is 1. The number of allylic oxidation sites excluding steroid dienone is 1. The van der Waals surface area contributed by atoms with Crippen molar-refractivity contribution >= 4 is 17.6 Å². The highest BCUT2D eigenvalue weighted by molar-refractivity contribution is 6.31. The molecule has 1 heterocycles. The van der Waals surface area contributed by atoms with Crippen molar-refractivity contribution in [1.82, 2.24) is 0 Å². The number of fused-ring (bicyclic) bond motifs is 1. The van der Waals surface area contributed by atoms with Crippen molar-refractivity contribution in [2.45, 2.75) is 12.5 Å². The number of carbonyl (C=O) groups excluding carboxylic acids is 1. The van der Waals surface area contributed by atoms with Gasteiger partial charge in [-0.15, -0.1) is 0 Å². The minimum absolute atomic E-state index is 0.0176. The zero-order valence-electron chi connectivity index (χ0n) is 20.9. The molecule has 0 radical (unpaired) electrons. The van der Waals surface area contributed by atoms with Crippen molar-refractivity contribution in [1.29, 1.82) is 5.26 Å². The lowest BCUT2D eigenvalue weighted by Crippen LogP contribution is -2.21. The number of ether oxygens (including phenoxy) is 4. The fourth-order valence-electron chi connectivity index (χ4n) is 4.30. The van der Waals surface area contributed by atoms with Crippen LogP contribution in [0, 0.1) is 11.3 Å².